The molecule has 0 amide bonds. The summed E-state index contributed by atoms with van der Waals surface area (Å²) in [6.07, 6.45) is 0. The van der Waals surface area contributed by atoms with E-state index in [1.54, 1.807) is 0 Å². The van der Waals surface area contributed by atoms with Gasteiger partial charge in [-0.25, -0.2) is 0 Å². The Balaban J connectivity index is 2.12. The summed E-state index contributed by atoms with van der Waals surface area (Å²) in [5.41, 5.74) is 1.23. The number of hydrogen-bond acceptors (Lipinski definition) is 3. The highest BCUT2D eigenvalue weighted by atomic mass is 16.5. The average molecular weight is 221 g/mol. The number of benzene rings is 1. The highest BCUT2D eigenvalue weighted by molar-refractivity contribution is 5.43. The zero-order valence-electron chi connectivity index (χ0n) is 9.95. The van der Waals surface area contributed by atoms with Crippen LogP contribution in [0.1, 0.15) is 19.4 Å². The van der Waals surface area contributed by atoms with E-state index in [0.29, 0.717) is 5.92 Å². The van der Waals surface area contributed by atoms with Crippen molar-refractivity contribution in [3.8, 4) is 11.5 Å². The molecule has 3 heteroatoms. The molecule has 1 heterocycles. The van der Waals surface area contributed by atoms with Crippen molar-refractivity contribution in [3.63, 3.8) is 0 Å². The van der Waals surface area contributed by atoms with Crippen LogP contribution in [0.25, 0.3) is 0 Å². The van der Waals surface area contributed by atoms with E-state index in [9.17, 15) is 0 Å². The maximum absolute atomic E-state index is 5.73. The molecule has 0 aliphatic carbocycles. The fraction of sp³-hybridized carbons (Fsp3) is 0.538. The van der Waals surface area contributed by atoms with Crippen molar-refractivity contribution in [1.29, 1.82) is 0 Å². The lowest BCUT2D eigenvalue weighted by Gasteiger charge is -2.09. The smallest absolute Gasteiger partial charge is 0.161 e. The van der Waals surface area contributed by atoms with Crippen LogP contribution in [0.5, 0.6) is 11.5 Å². The molecule has 1 aromatic carbocycles. The van der Waals surface area contributed by atoms with E-state index in [1.807, 2.05) is 6.07 Å². The summed E-state index contributed by atoms with van der Waals surface area (Å²) in [7, 11) is 0. The topological polar surface area (TPSA) is 30.5 Å². The molecule has 1 aliphatic heterocycles. The maximum atomic E-state index is 5.73. The van der Waals surface area contributed by atoms with Gasteiger partial charge in [0.05, 0.1) is 13.2 Å². The van der Waals surface area contributed by atoms with E-state index in [4.69, 9.17) is 9.47 Å². The lowest BCUT2D eigenvalue weighted by Crippen LogP contribution is -2.12. The highest BCUT2D eigenvalue weighted by Crippen LogP contribution is 2.31. The van der Waals surface area contributed by atoms with Gasteiger partial charge in [0.25, 0.3) is 0 Å². The lowest BCUT2D eigenvalue weighted by molar-refractivity contribution is 0.228. The molecule has 1 aromatic rings. The van der Waals surface area contributed by atoms with Crippen molar-refractivity contribution < 1.29 is 9.47 Å². The van der Waals surface area contributed by atoms with Crippen molar-refractivity contribution in [2.24, 2.45) is 5.92 Å². The Bertz CT molecular complexity index is 352. The molecule has 0 fully saturated rings. The van der Waals surface area contributed by atoms with Crippen molar-refractivity contribution >= 4 is 0 Å². The third-order valence-electron chi connectivity index (χ3n) is 2.63. The Hall–Kier alpha value is -1.22. The molecule has 16 heavy (non-hydrogen) atoms. The zero-order chi connectivity index (χ0) is 11.4. The van der Waals surface area contributed by atoms with Gasteiger partial charge in [-0.2, -0.15) is 0 Å². The van der Waals surface area contributed by atoms with E-state index in [1.165, 1.54) is 5.56 Å². The Kier molecular flexibility index (Phi) is 3.67. The van der Waals surface area contributed by atoms with E-state index < -0.39 is 0 Å². The Morgan fingerprint density at radius 2 is 2.00 bits per heavy atom. The maximum Gasteiger partial charge on any atom is 0.161 e. The zero-order valence-corrected chi connectivity index (χ0v) is 9.95. The predicted molar refractivity (Wildman–Crippen MR) is 64.0 cm³/mol. The van der Waals surface area contributed by atoms with Crippen LogP contribution in [0.3, 0.4) is 0 Å². The molecular formula is C13H19NO2. The molecule has 0 bridgehead atoms. The van der Waals surface area contributed by atoms with E-state index in [2.05, 4.69) is 31.3 Å². The standard InChI is InChI=1S/C13H19NO2/c1-3-14-7-11-4-5-12-13(6-11)16-9-10(2)8-15-12/h4-6,10,14H,3,7-9H2,1-2H3. The summed E-state index contributed by atoms with van der Waals surface area (Å²) in [6, 6.07) is 6.15. The van der Waals surface area contributed by atoms with Crippen molar-refractivity contribution in [1.82, 2.24) is 5.32 Å². The molecule has 1 aliphatic rings. The monoisotopic (exact) mass is 221 g/mol. The normalized spacial score (nSPS) is 19.2. The summed E-state index contributed by atoms with van der Waals surface area (Å²) in [5, 5.41) is 3.30. The van der Waals surface area contributed by atoms with Gasteiger partial charge in [0, 0.05) is 12.5 Å². The molecule has 0 spiro atoms. The minimum absolute atomic E-state index is 0.449. The summed E-state index contributed by atoms with van der Waals surface area (Å²) in [6.45, 7) is 7.56. The SMILES string of the molecule is CCNCc1ccc2c(c1)OCC(C)CO2. The van der Waals surface area contributed by atoms with Crippen LogP contribution < -0.4 is 14.8 Å². The van der Waals surface area contributed by atoms with E-state index in [-0.39, 0.29) is 0 Å². The van der Waals surface area contributed by atoms with Gasteiger partial charge in [0.2, 0.25) is 0 Å². The average Bonchev–Trinajstić information content (AvgIpc) is 2.49. The van der Waals surface area contributed by atoms with Gasteiger partial charge in [0.1, 0.15) is 0 Å². The predicted octanol–water partition coefficient (Wildman–Crippen LogP) is 2.20. The first-order chi connectivity index (χ1) is 7.79. The minimum atomic E-state index is 0.449. The molecule has 88 valence electrons. The van der Waals surface area contributed by atoms with E-state index in [0.717, 1.165) is 37.8 Å². The van der Waals surface area contributed by atoms with Gasteiger partial charge in [-0.1, -0.05) is 19.9 Å². The Morgan fingerprint density at radius 1 is 1.25 bits per heavy atom. The molecule has 3 nitrogen and oxygen atoms in total. The van der Waals surface area contributed by atoms with Crippen LogP contribution in [0.2, 0.25) is 0 Å². The summed E-state index contributed by atoms with van der Waals surface area (Å²) in [5.74, 6) is 2.19. The van der Waals surface area contributed by atoms with Crippen LogP contribution >= 0.6 is 0 Å². The van der Waals surface area contributed by atoms with Gasteiger partial charge < -0.3 is 14.8 Å². The molecule has 2 rings (SSSR count). The third-order valence-corrected chi connectivity index (χ3v) is 2.63. The van der Waals surface area contributed by atoms with Crippen LogP contribution in [-0.2, 0) is 6.54 Å². The first-order valence-electron chi connectivity index (χ1n) is 5.89. The van der Waals surface area contributed by atoms with Crippen molar-refractivity contribution in [2.45, 2.75) is 20.4 Å². The van der Waals surface area contributed by atoms with Gasteiger partial charge >= 0.3 is 0 Å². The van der Waals surface area contributed by atoms with Crippen molar-refractivity contribution in [3.05, 3.63) is 23.8 Å². The minimum Gasteiger partial charge on any atom is -0.489 e. The molecule has 0 saturated heterocycles. The number of hydrogen-bond donors (Lipinski definition) is 1. The molecule has 0 saturated carbocycles. The van der Waals surface area contributed by atoms with Crippen molar-refractivity contribution in [2.75, 3.05) is 19.8 Å². The highest BCUT2D eigenvalue weighted by Gasteiger charge is 2.14. The van der Waals surface area contributed by atoms with Gasteiger partial charge in [-0.15, -0.1) is 0 Å². The van der Waals surface area contributed by atoms with Crippen LogP contribution in [0, 0.1) is 5.92 Å². The van der Waals surface area contributed by atoms with E-state index >= 15 is 0 Å². The van der Waals surface area contributed by atoms with Crippen LogP contribution in [-0.4, -0.2) is 19.8 Å². The molecule has 0 radical (unpaired) electrons. The molecule has 1 unspecified atom stereocenters. The van der Waals surface area contributed by atoms with Crippen LogP contribution in [0.15, 0.2) is 18.2 Å². The third kappa shape index (κ3) is 2.67. The number of fused-ring (bicyclic) bond motifs is 1. The summed E-state index contributed by atoms with van der Waals surface area (Å²) in [4.78, 5) is 0. The second-order valence-electron chi connectivity index (χ2n) is 4.29. The fourth-order valence-corrected chi connectivity index (χ4v) is 1.68. The van der Waals surface area contributed by atoms with Crippen LogP contribution in [0.4, 0.5) is 0 Å². The number of rotatable bonds is 3. The van der Waals surface area contributed by atoms with Gasteiger partial charge in [0.15, 0.2) is 11.5 Å². The quantitative estimate of drug-likeness (QED) is 0.848. The Labute approximate surface area is 96.8 Å². The molecular weight excluding hydrogens is 202 g/mol. The molecule has 1 atom stereocenters. The first kappa shape index (κ1) is 11.3. The second kappa shape index (κ2) is 5.21. The molecule has 1 N–H and O–H groups in total. The molecule has 0 aromatic heterocycles. The number of ether oxygens (including phenoxy) is 2. The number of nitrogens with one attached hydrogen (secondary N) is 1. The lowest BCUT2D eigenvalue weighted by atomic mass is 10.2. The summed E-state index contributed by atoms with van der Waals surface area (Å²) >= 11 is 0. The Morgan fingerprint density at radius 3 is 2.75 bits per heavy atom. The second-order valence-corrected chi connectivity index (χ2v) is 4.29. The van der Waals surface area contributed by atoms with Gasteiger partial charge in [-0.3, -0.25) is 0 Å². The first-order valence-corrected chi connectivity index (χ1v) is 5.89. The fourth-order valence-electron chi connectivity index (χ4n) is 1.68. The van der Waals surface area contributed by atoms with Gasteiger partial charge in [-0.05, 0) is 24.2 Å². The summed E-state index contributed by atoms with van der Waals surface area (Å²) < 4.78 is 11.4. The largest absolute Gasteiger partial charge is 0.489 e.